The number of para-hydroxylation sites is 1. The van der Waals surface area contributed by atoms with E-state index >= 15 is 0 Å². The van der Waals surface area contributed by atoms with E-state index in [0.29, 0.717) is 59.9 Å². The molecule has 1 aliphatic rings. The second-order valence-corrected chi connectivity index (χ2v) is 7.99. The van der Waals surface area contributed by atoms with Gasteiger partial charge in [-0.15, -0.1) is 0 Å². The van der Waals surface area contributed by atoms with E-state index in [4.69, 9.17) is 20.8 Å². The number of carbonyl (C=O) groups excluding carboxylic acids is 2. The molecule has 8 heteroatoms. The quantitative estimate of drug-likeness (QED) is 0.597. The van der Waals surface area contributed by atoms with Crippen LogP contribution in [0.1, 0.15) is 16.3 Å². The average Bonchev–Trinajstić information content (AvgIpc) is 3.23. The Kier molecular flexibility index (Phi) is 6.78. The van der Waals surface area contributed by atoms with E-state index in [1.54, 1.807) is 53.4 Å². The number of piperazine rings is 1. The molecule has 0 bridgehead atoms. The van der Waals surface area contributed by atoms with Crippen molar-refractivity contribution in [2.75, 3.05) is 38.0 Å². The fourth-order valence-corrected chi connectivity index (χ4v) is 3.65. The molecule has 7 nitrogen and oxygen atoms in total. The molecule has 2 heterocycles. The number of rotatable bonds is 6. The van der Waals surface area contributed by atoms with E-state index in [1.165, 1.54) is 0 Å². The van der Waals surface area contributed by atoms with Gasteiger partial charge in [-0.3, -0.25) is 14.5 Å². The molecule has 0 atom stereocenters. The first-order valence-corrected chi connectivity index (χ1v) is 10.8. The smallest absolute Gasteiger partial charge is 0.289 e. The Morgan fingerprint density at radius 1 is 1.00 bits per heavy atom. The fraction of sp³-hybridized carbons (Fsp3) is 0.250. The van der Waals surface area contributed by atoms with E-state index in [1.807, 2.05) is 24.0 Å². The fourth-order valence-electron chi connectivity index (χ4n) is 3.48. The van der Waals surface area contributed by atoms with Gasteiger partial charge in [-0.25, -0.2) is 0 Å². The molecular formula is C24H24ClN3O4. The molecule has 1 fully saturated rings. The molecule has 32 heavy (non-hydrogen) atoms. The largest absolute Gasteiger partial charge is 0.456 e. The maximum atomic E-state index is 12.5. The second-order valence-electron chi connectivity index (χ2n) is 7.58. The zero-order chi connectivity index (χ0) is 22.5. The van der Waals surface area contributed by atoms with Gasteiger partial charge in [-0.2, -0.15) is 0 Å². The van der Waals surface area contributed by atoms with Crippen molar-refractivity contribution < 1.29 is 18.7 Å². The Morgan fingerprint density at radius 3 is 2.38 bits per heavy atom. The molecule has 2 aromatic carbocycles. The van der Waals surface area contributed by atoms with Gasteiger partial charge in [0.2, 0.25) is 5.91 Å². The molecule has 0 unspecified atom stereocenters. The lowest BCUT2D eigenvalue weighted by atomic mass is 10.2. The van der Waals surface area contributed by atoms with Crippen molar-refractivity contribution in [1.82, 2.24) is 9.80 Å². The summed E-state index contributed by atoms with van der Waals surface area (Å²) in [6.07, 6.45) is 0. The molecule has 0 aliphatic carbocycles. The number of hydrogen-bond donors (Lipinski definition) is 1. The minimum Gasteiger partial charge on any atom is -0.456 e. The summed E-state index contributed by atoms with van der Waals surface area (Å²) >= 11 is 6.11. The monoisotopic (exact) mass is 453 g/mol. The number of halogens is 1. The van der Waals surface area contributed by atoms with Gasteiger partial charge in [0, 0.05) is 31.9 Å². The summed E-state index contributed by atoms with van der Waals surface area (Å²) < 4.78 is 11.2. The van der Waals surface area contributed by atoms with Crippen LogP contribution in [0.3, 0.4) is 0 Å². The molecule has 1 aliphatic heterocycles. The standard InChI is InChI=1S/C24H24ClN3O4/c1-17-6-11-22(31-17)24(30)28-14-12-27(13-15-28)16-23(29)26-18-7-9-19(10-8-18)32-21-5-3-2-4-20(21)25/h2-11H,12-16H2,1H3,(H,26,29). The molecule has 4 rings (SSSR count). The van der Waals surface area contributed by atoms with Gasteiger partial charge < -0.3 is 19.4 Å². The van der Waals surface area contributed by atoms with E-state index < -0.39 is 0 Å². The highest BCUT2D eigenvalue weighted by molar-refractivity contribution is 6.32. The van der Waals surface area contributed by atoms with Crippen LogP contribution in [-0.4, -0.2) is 54.3 Å². The SMILES string of the molecule is Cc1ccc(C(=O)N2CCN(CC(=O)Nc3ccc(Oc4ccccc4Cl)cc3)CC2)o1. The molecule has 0 saturated carbocycles. The average molecular weight is 454 g/mol. The lowest BCUT2D eigenvalue weighted by Gasteiger charge is -2.33. The molecule has 0 spiro atoms. The highest BCUT2D eigenvalue weighted by Gasteiger charge is 2.25. The van der Waals surface area contributed by atoms with E-state index in [9.17, 15) is 9.59 Å². The van der Waals surface area contributed by atoms with Crippen LogP contribution in [0.5, 0.6) is 11.5 Å². The Morgan fingerprint density at radius 2 is 1.72 bits per heavy atom. The van der Waals surface area contributed by atoms with Crippen LogP contribution in [0.25, 0.3) is 0 Å². The molecule has 1 aromatic heterocycles. The zero-order valence-corrected chi connectivity index (χ0v) is 18.5. The summed E-state index contributed by atoms with van der Waals surface area (Å²) in [5.74, 6) is 2.06. The molecule has 1 N–H and O–H groups in total. The Balaban J connectivity index is 1.24. The van der Waals surface area contributed by atoms with E-state index in [-0.39, 0.29) is 18.4 Å². The molecular weight excluding hydrogens is 430 g/mol. The van der Waals surface area contributed by atoms with Gasteiger partial charge in [0.15, 0.2) is 5.76 Å². The van der Waals surface area contributed by atoms with Crippen molar-refractivity contribution in [2.24, 2.45) is 0 Å². The van der Waals surface area contributed by atoms with Crippen molar-refractivity contribution in [3.05, 3.63) is 77.2 Å². The lowest BCUT2D eigenvalue weighted by Crippen LogP contribution is -2.50. The number of nitrogens with zero attached hydrogens (tertiary/aromatic N) is 2. The third-order valence-electron chi connectivity index (χ3n) is 5.18. The van der Waals surface area contributed by atoms with E-state index in [0.717, 1.165) is 0 Å². The van der Waals surface area contributed by atoms with Crippen LogP contribution >= 0.6 is 11.6 Å². The summed E-state index contributed by atoms with van der Waals surface area (Å²) in [5, 5.41) is 3.43. The number of benzene rings is 2. The molecule has 166 valence electrons. The number of ether oxygens (including phenoxy) is 1. The summed E-state index contributed by atoms with van der Waals surface area (Å²) in [5.41, 5.74) is 0.684. The molecule has 1 saturated heterocycles. The maximum Gasteiger partial charge on any atom is 0.289 e. The van der Waals surface area contributed by atoms with E-state index in [2.05, 4.69) is 5.32 Å². The van der Waals surface area contributed by atoms with Crippen LogP contribution < -0.4 is 10.1 Å². The van der Waals surface area contributed by atoms with Crippen LogP contribution in [0.2, 0.25) is 5.02 Å². The number of carbonyl (C=O) groups is 2. The second kappa shape index (κ2) is 9.89. The summed E-state index contributed by atoms with van der Waals surface area (Å²) in [6, 6.07) is 17.8. The Hall–Kier alpha value is -3.29. The number of amides is 2. The van der Waals surface area contributed by atoms with Crippen molar-refractivity contribution in [3.63, 3.8) is 0 Å². The first kappa shape index (κ1) is 21.9. The van der Waals surface area contributed by atoms with Crippen molar-refractivity contribution in [1.29, 1.82) is 0 Å². The lowest BCUT2D eigenvalue weighted by molar-refractivity contribution is -0.117. The van der Waals surface area contributed by atoms with Crippen LogP contribution in [0, 0.1) is 6.92 Å². The third kappa shape index (κ3) is 5.49. The maximum absolute atomic E-state index is 12.5. The highest BCUT2D eigenvalue weighted by atomic mass is 35.5. The Bertz CT molecular complexity index is 1090. The summed E-state index contributed by atoms with van der Waals surface area (Å²) in [6.45, 7) is 4.44. The molecule has 2 amide bonds. The molecule has 0 radical (unpaired) electrons. The number of nitrogens with one attached hydrogen (secondary N) is 1. The molecule has 3 aromatic rings. The number of furan rings is 1. The van der Waals surface area contributed by atoms with Gasteiger partial charge in [0.25, 0.3) is 5.91 Å². The number of anilines is 1. The topological polar surface area (TPSA) is 75.0 Å². The van der Waals surface area contributed by atoms with Gasteiger partial charge in [0.1, 0.15) is 17.3 Å². The van der Waals surface area contributed by atoms with Crippen LogP contribution in [0.4, 0.5) is 5.69 Å². The zero-order valence-electron chi connectivity index (χ0n) is 17.7. The first-order valence-electron chi connectivity index (χ1n) is 10.4. The van der Waals surface area contributed by atoms with Crippen LogP contribution in [0.15, 0.2) is 65.1 Å². The van der Waals surface area contributed by atoms with Crippen LogP contribution in [-0.2, 0) is 4.79 Å². The highest BCUT2D eigenvalue weighted by Crippen LogP contribution is 2.29. The minimum absolute atomic E-state index is 0.105. The predicted octanol–water partition coefficient (Wildman–Crippen LogP) is 4.43. The van der Waals surface area contributed by atoms with Crippen molar-refractivity contribution >= 4 is 29.1 Å². The minimum atomic E-state index is -0.110. The van der Waals surface area contributed by atoms with Gasteiger partial charge in [-0.1, -0.05) is 23.7 Å². The first-order chi connectivity index (χ1) is 15.5. The Labute approximate surface area is 191 Å². The third-order valence-corrected chi connectivity index (χ3v) is 5.49. The summed E-state index contributed by atoms with van der Waals surface area (Å²) in [4.78, 5) is 28.7. The van der Waals surface area contributed by atoms with Crippen molar-refractivity contribution in [2.45, 2.75) is 6.92 Å². The number of aryl methyl sites for hydroxylation is 1. The van der Waals surface area contributed by atoms with Gasteiger partial charge >= 0.3 is 0 Å². The van der Waals surface area contributed by atoms with Crippen molar-refractivity contribution in [3.8, 4) is 11.5 Å². The van der Waals surface area contributed by atoms with Gasteiger partial charge in [-0.05, 0) is 55.5 Å². The normalized spacial score (nSPS) is 14.2. The predicted molar refractivity (Wildman–Crippen MR) is 122 cm³/mol. The van der Waals surface area contributed by atoms with Gasteiger partial charge in [0.05, 0.1) is 11.6 Å². The number of hydrogen-bond acceptors (Lipinski definition) is 5. The summed E-state index contributed by atoms with van der Waals surface area (Å²) in [7, 11) is 0.